The number of ether oxygens (including phenoxy) is 2. The summed E-state index contributed by atoms with van der Waals surface area (Å²) in [7, 11) is 1.70. The van der Waals surface area contributed by atoms with Gasteiger partial charge in [-0.05, 0) is 55.5 Å². The molecule has 0 saturated carbocycles. The average Bonchev–Trinajstić information content (AvgIpc) is 2.70. The second kappa shape index (κ2) is 10.9. The molecule has 2 aromatic carbocycles. The molecule has 0 unspecified atom stereocenters. The van der Waals surface area contributed by atoms with Crippen LogP contribution in [-0.4, -0.2) is 45.2 Å². The number of carbonyl (C=O) groups excluding carboxylic acids is 2. The zero-order valence-electron chi connectivity index (χ0n) is 16.5. The molecule has 2 aromatic rings. The SMILES string of the molecule is CCOCCOc1ccc(NCC(=O)Nc2ccc(N(C)C(C)=O)cc2)cc1. The van der Waals surface area contributed by atoms with Crippen LogP contribution in [0.25, 0.3) is 0 Å². The van der Waals surface area contributed by atoms with Crippen LogP contribution in [-0.2, 0) is 14.3 Å². The standard InChI is InChI=1S/C21H27N3O4/c1-4-27-13-14-28-20-11-7-17(8-12-20)22-15-21(26)23-18-5-9-19(10-6-18)24(3)16(2)25/h5-12,22H,4,13-15H2,1-3H3,(H,23,26). The first-order chi connectivity index (χ1) is 13.5. The van der Waals surface area contributed by atoms with Crippen LogP contribution in [0.3, 0.4) is 0 Å². The van der Waals surface area contributed by atoms with E-state index in [0.29, 0.717) is 25.5 Å². The zero-order valence-corrected chi connectivity index (χ0v) is 16.5. The first-order valence-corrected chi connectivity index (χ1v) is 9.18. The number of carbonyl (C=O) groups is 2. The highest BCUT2D eigenvalue weighted by Crippen LogP contribution is 2.18. The van der Waals surface area contributed by atoms with Gasteiger partial charge in [-0.25, -0.2) is 0 Å². The second-order valence-electron chi connectivity index (χ2n) is 6.10. The van der Waals surface area contributed by atoms with Crippen molar-refractivity contribution in [3.63, 3.8) is 0 Å². The van der Waals surface area contributed by atoms with Gasteiger partial charge in [-0.15, -0.1) is 0 Å². The second-order valence-corrected chi connectivity index (χ2v) is 6.10. The van der Waals surface area contributed by atoms with Crippen LogP contribution in [0.5, 0.6) is 5.75 Å². The van der Waals surface area contributed by atoms with Gasteiger partial charge in [0.05, 0.1) is 13.2 Å². The molecule has 7 heteroatoms. The van der Waals surface area contributed by atoms with E-state index >= 15 is 0 Å². The lowest BCUT2D eigenvalue weighted by molar-refractivity contribution is -0.116. The van der Waals surface area contributed by atoms with Gasteiger partial charge in [-0.2, -0.15) is 0 Å². The van der Waals surface area contributed by atoms with E-state index in [0.717, 1.165) is 17.1 Å². The topological polar surface area (TPSA) is 79.9 Å². The van der Waals surface area contributed by atoms with Crippen molar-refractivity contribution in [3.8, 4) is 5.75 Å². The molecule has 0 heterocycles. The van der Waals surface area contributed by atoms with Crippen molar-refractivity contribution in [2.24, 2.45) is 0 Å². The van der Waals surface area contributed by atoms with Crippen LogP contribution < -0.4 is 20.3 Å². The van der Waals surface area contributed by atoms with Crippen LogP contribution in [0.4, 0.5) is 17.1 Å². The number of amides is 2. The molecule has 28 heavy (non-hydrogen) atoms. The fourth-order valence-electron chi connectivity index (χ4n) is 2.37. The fourth-order valence-corrected chi connectivity index (χ4v) is 2.37. The number of nitrogens with one attached hydrogen (secondary N) is 2. The van der Waals surface area contributed by atoms with Gasteiger partial charge < -0.3 is 25.0 Å². The van der Waals surface area contributed by atoms with E-state index in [1.807, 2.05) is 31.2 Å². The predicted molar refractivity (Wildman–Crippen MR) is 111 cm³/mol. The number of rotatable bonds is 10. The van der Waals surface area contributed by atoms with E-state index in [4.69, 9.17) is 9.47 Å². The molecule has 0 radical (unpaired) electrons. The summed E-state index contributed by atoms with van der Waals surface area (Å²) in [4.78, 5) is 25.0. The lowest BCUT2D eigenvalue weighted by atomic mass is 10.2. The molecular formula is C21H27N3O4. The maximum atomic E-state index is 12.1. The molecule has 2 rings (SSSR count). The van der Waals surface area contributed by atoms with Gasteiger partial charge in [0.1, 0.15) is 12.4 Å². The molecule has 0 aliphatic carbocycles. The van der Waals surface area contributed by atoms with Crippen molar-refractivity contribution in [2.45, 2.75) is 13.8 Å². The largest absolute Gasteiger partial charge is 0.491 e. The summed E-state index contributed by atoms with van der Waals surface area (Å²) in [5.41, 5.74) is 2.27. The molecular weight excluding hydrogens is 358 g/mol. The van der Waals surface area contributed by atoms with Gasteiger partial charge in [0, 0.05) is 37.6 Å². The van der Waals surface area contributed by atoms with E-state index in [2.05, 4.69) is 10.6 Å². The molecule has 0 aromatic heterocycles. The van der Waals surface area contributed by atoms with Crippen LogP contribution in [0.2, 0.25) is 0 Å². The molecule has 0 aliphatic rings. The van der Waals surface area contributed by atoms with E-state index in [1.165, 1.54) is 11.8 Å². The number of hydrogen-bond donors (Lipinski definition) is 2. The van der Waals surface area contributed by atoms with E-state index in [-0.39, 0.29) is 18.4 Å². The minimum atomic E-state index is -0.162. The van der Waals surface area contributed by atoms with Crippen molar-refractivity contribution >= 4 is 28.9 Å². The highest BCUT2D eigenvalue weighted by Gasteiger charge is 2.06. The van der Waals surface area contributed by atoms with Gasteiger partial charge in [0.25, 0.3) is 0 Å². The van der Waals surface area contributed by atoms with Crippen molar-refractivity contribution in [2.75, 3.05) is 48.9 Å². The van der Waals surface area contributed by atoms with Crippen molar-refractivity contribution < 1.29 is 19.1 Å². The number of benzene rings is 2. The van der Waals surface area contributed by atoms with Crippen LogP contribution in [0.1, 0.15) is 13.8 Å². The monoisotopic (exact) mass is 385 g/mol. The van der Waals surface area contributed by atoms with Gasteiger partial charge in [-0.3, -0.25) is 9.59 Å². The number of anilines is 3. The Morgan fingerprint density at radius 2 is 1.61 bits per heavy atom. The van der Waals surface area contributed by atoms with Crippen molar-refractivity contribution in [1.82, 2.24) is 0 Å². The Hall–Kier alpha value is -3.06. The summed E-state index contributed by atoms with van der Waals surface area (Å²) in [6, 6.07) is 14.5. The van der Waals surface area contributed by atoms with Gasteiger partial charge in [-0.1, -0.05) is 0 Å². The minimum absolute atomic E-state index is 0.0494. The number of nitrogens with zero attached hydrogens (tertiary/aromatic N) is 1. The van der Waals surface area contributed by atoms with Gasteiger partial charge in [0.2, 0.25) is 11.8 Å². The summed E-state index contributed by atoms with van der Waals surface area (Å²) in [6.07, 6.45) is 0. The van der Waals surface area contributed by atoms with Crippen LogP contribution in [0, 0.1) is 0 Å². The Labute approximate surface area is 165 Å². The minimum Gasteiger partial charge on any atom is -0.491 e. The first-order valence-electron chi connectivity index (χ1n) is 9.18. The fraction of sp³-hybridized carbons (Fsp3) is 0.333. The van der Waals surface area contributed by atoms with Gasteiger partial charge in [0.15, 0.2) is 0 Å². The molecule has 7 nitrogen and oxygen atoms in total. The maximum Gasteiger partial charge on any atom is 0.243 e. The van der Waals surface area contributed by atoms with Crippen LogP contribution >= 0.6 is 0 Å². The highest BCUT2D eigenvalue weighted by atomic mass is 16.5. The predicted octanol–water partition coefficient (Wildman–Crippen LogP) is 3.14. The van der Waals surface area contributed by atoms with E-state index in [1.54, 1.807) is 31.3 Å². The zero-order chi connectivity index (χ0) is 20.4. The van der Waals surface area contributed by atoms with Crippen molar-refractivity contribution in [1.29, 1.82) is 0 Å². The van der Waals surface area contributed by atoms with E-state index < -0.39 is 0 Å². The maximum absolute atomic E-state index is 12.1. The third kappa shape index (κ3) is 6.92. The normalized spacial score (nSPS) is 10.2. The third-order valence-corrected chi connectivity index (χ3v) is 4.02. The van der Waals surface area contributed by atoms with Gasteiger partial charge >= 0.3 is 0 Å². The smallest absolute Gasteiger partial charge is 0.243 e. The Morgan fingerprint density at radius 1 is 0.964 bits per heavy atom. The number of hydrogen-bond acceptors (Lipinski definition) is 5. The molecule has 0 spiro atoms. The summed E-state index contributed by atoms with van der Waals surface area (Å²) in [5, 5.41) is 5.88. The summed E-state index contributed by atoms with van der Waals surface area (Å²) >= 11 is 0. The Kier molecular flexibility index (Phi) is 8.30. The summed E-state index contributed by atoms with van der Waals surface area (Å²) in [6.45, 7) is 5.32. The molecule has 0 aliphatic heterocycles. The Morgan fingerprint density at radius 3 is 2.21 bits per heavy atom. The molecule has 0 bridgehead atoms. The van der Waals surface area contributed by atoms with E-state index in [9.17, 15) is 9.59 Å². The molecule has 0 atom stereocenters. The summed E-state index contributed by atoms with van der Waals surface area (Å²) < 4.78 is 10.8. The Bertz CT molecular complexity index is 760. The lowest BCUT2D eigenvalue weighted by Crippen LogP contribution is -2.23. The quantitative estimate of drug-likeness (QED) is 0.614. The highest BCUT2D eigenvalue weighted by molar-refractivity contribution is 5.94. The van der Waals surface area contributed by atoms with Crippen LogP contribution in [0.15, 0.2) is 48.5 Å². The van der Waals surface area contributed by atoms with Crippen molar-refractivity contribution in [3.05, 3.63) is 48.5 Å². The molecule has 2 amide bonds. The average molecular weight is 385 g/mol. The third-order valence-electron chi connectivity index (χ3n) is 4.02. The molecule has 0 saturated heterocycles. The Balaban J connectivity index is 1.76. The summed E-state index contributed by atoms with van der Waals surface area (Å²) in [5.74, 6) is 0.543. The molecule has 2 N–H and O–H groups in total. The lowest BCUT2D eigenvalue weighted by Gasteiger charge is -2.15. The first kappa shape index (κ1) is 21.2. The molecule has 0 fully saturated rings. The molecule has 150 valence electrons.